The molecule has 0 saturated carbocycles. The molecule has 0 spiro atoms. The lowest BCUT2D eigenvalue weighted by atomic mass is 10.1. The van der Waals surface area contributed by atoms with Gasteiger partial charge in [-0.1, -0.05) is 13.3 Å². The molecule has 1 aromatic carbocycles. The molecule has 1 aromatic rings. The van der Waals surface area contributed by atoms with Crippen LogP contribution in [0.25, 0.3) is 0 Å². The van der Waals surface area contributed by atoms with Crippen LogP contribution in [0.1, 0.15) is 30.1 Å². The summed E-state index contributed by atoms with van der Waals surface area (Å²) in [4.78, 5) is 33.2. The summed E-state index contributed by atoms with van der Waals surface area (Å²) in [6.07, 6.45) is 0.880. The minimum absolute atomic E-state index is 0.0161. The van der Waals surface area contributed by atoms with Crippen molar-refractivity contribution in [2.24, 2.45) is 0 Å². The summed E-state index contributed by atoms with van der Waals surface area (Å²) in [5, 5.41) is 22.1. The molecule has 0 saturated heterocycles. The number of non-ortho nitro benzene ring substituents is 1. The number of nitro benzene ring substituents is 1. The second kappa shape index (κ2) is 7.22. The quantitative estimate of drug-likeness (QED) is 0.582. The summed E-state index contributed by atoms with van der Waals surface area (Å²) >= 11 is 0. The molecule has 0 fully saturated rings. The highest BCUT2D eigenvalue weighted by Gasteiger charge is 2.22. The van der Waals surface area contributed by atoms with Gasteiger partial charge in [-0.2, -0.15) is 0 Å². The van der Waals surface area contributed by atoms with E-state index < -0.39 is 22.8 Å². The van der Waals surface area contributed by atoms with Crippen molar-refractivity contribution in [1.82, 2.24) is 5.32 Å². The Balaban J connectivity index is 3.01. The third-order valence-corrected chi connectivity index (χ3v) is 2.82. The van der Waals surface area contributed by atoms with Crippen LogP contribution in [0.15, 0.2) is 18.2 Å². The van der Waals surface area contributed by atoms with Crippen LogP contribution in [0, 0.1) is 10.1 Å². The first kappa shape index (κ1) is 16.4. The van der Waals surface area contributed by atoms with Crippen molar-refractivity contribution >= 4 is 17.6 Å². The van der Waals surface area contributed by atoms with Crippen molar-refractivity contribution in [1.29, 1.82) is 0 Å². The number of rotatable bonds is 7. The summed E-state index contributed by atoms with van der Waals surface area (Å²) < 4.78 is 4.95. The lowest BCUT2D eigenvalue weighted by molar-refractivity contribution is -0.384. The summed E-state index contributed by atoms with van der Waals surface area (Å²) in [7, 11) is 1.27. The summed E-state index contributed by atoms with van der Waals surface area (Å²) in [6.45, 7) is 1.80. The van der Waals surface area contributed by atoms with E-state index in [4.69, 9.17) is 9.84 Å². The highest BCUT2D eigenvalue weighted by Crippen LogP contribution is 2.24. The van der Waals surface area contributed by atoms with Gasteiger partial charge in [0.05, 0.1) is 23.7 Å². The van der Waals surface area contributed by atoms with Crippen LogP contribution in [0.5, 0.6) is 5.75 Å². The number of methoxy groups -OCH3 is 1. The summed E-state index contributed by atoms with van der Waals surface area (Å²) in [5.74, 6) is -1.77. The minimum Gasteiger partial charge on any atom is -0.496 e. The Bertz CT molecular complexity index is 558. The van der Waals surface area contributed by atoms with E-state index in [1.807, 2.05) is 0 Å². The molecule has 0 aromatic heterocycles. The number of carbonyl (C=O) groups is 2. The van der Waals surface area contributed by atoms with Crippen molar-refractivity contribution in [2.45, 2.75) is 25.8 Å². The maximum absolute atomic E-state index is 12.1. The largest absolute Gasteiger partial charge is 0.496 e. The molecule has 114 valence electrons. The highest BCUT2D eigenvalue weighted by molar-refractivity contribution is 5.99. The van der Waals surface area contributed by atoms with E-state index in [1.165, 1.54) is 13.2 Å². The van der Waals surface area contributed by atoms with Crippen LogP contribution in [-0.2, 0) is 4.79 Å². The van der Waals surface area contributed by atoms with Gasteiger partial charge in [-0.15, -0.1) is 0 Å². The number of benzene rings is 1. The van der Waals surface area contributed by atoms with Gasteiger partial charge in [0.15, 0.2) is 0 Å². The average molecular weight is 296 g/mol. The Morgan fingerprint density at radius 1 is 1.48 bits per heavy atom. The van der Waals surface area contributed by atoms with Crippen molar-refractivity contribution < 1.29 is 24.4 Å². The molecule has 1 amide bonds. The molecule has 2 N–H and O–H groups in total. The molecule has 8 nitrogen and oxygen atoms in total. The Morgan fingerprint density at radius 3 is 2.62 bits per heavy atom. The van der Waals surface area contributed by atoms with Gasteiger partial charge in [-0.3, -0.25) is 14.9 Å². The number of carboxylic acids is 1. The Labute approximate surface area is 120 Å². The number of hydrogen-bond donors (Lipinski definition) is 2. The summed E-state index contributed by atoms with van der Waals surface area (Å²) in [5.41, 5.74) is -0.169. The molecule has 0 heterocycles. The zero-order valence-electron chi connectivity index (χ0n) is 11.7. The number of nitrogens with one attached hydrogen (secondary N) is 1. The number of nitro groups is 1. The smallest absolute Gasteiger partial charge is 0.326 e. The number of ether oxygens (including phenoxy) is 1. The van der Waals surface area contributed by atoms with E-state index in [-0.39, 0.29) is 23.4 Å². The maximum atomic E-state index is 12.1. The van der Waals surface area contributed by atoms with Crippen molar-refractivity contribution in [3.8, 4) is 5.75 Å². The molecule has 21 heavy (non-hydrogen) atoms. The predicted molar refractivity (Wildman–Crippen MR) is 73.4 cm³/mol. The fourth-order valence-corrected chi connectivity index (χ4v) is 1.76. The first-order chi connectivity index (χ1) is 9.90. The molecule has 0 aliphatic carbocycles. The van der Waals surface area contributed by atoms with Gasteiger partial charge in [0, 0.05) is 6.07 Å². The Kier molecular flexibility index (Phi) is 5.65. The van der Waals surface area contributed by atoms with Crippen LogP contribution >= 0.6 is 0 Å². The SMILES string of the molecule is CCC[C@@H](NC(=O)c1ccc([N+](=O)[O-])cc1OC)C(=O)O. The molecular formula is C13H16N2O6. The first-order valence-corrected chi connectivity index (χ1v) is 6.26. The van der Waals surface area contributed by atoms with E-state index >= 15 is 0 Å². The highest BCUT2D eigenvalue weighted by atomic mass is 16.6. The second-order valence-corrected chi connectivity index (χ2v) is 4.29. The van der Waals surface area contributed by atoms with E-state index in [1.54, 1.807) is 6.92 Å². The third-order valence-electron chi connectivity index (χ3n) is 2.82. The lowest BCUT2D eigenvalue weighted by Gasteiger charge is -2.14. The zero-order chi connectivity index (χ0) is 16.0. The number of nitrogens with zero attached hydrogens (tertiary/aromatic N) is 1. The zero-order valence-corrected chi connectivity index (χ0v) is 11.7. The van der Waals surface area contributed by atoms with E-state index in [0.29, 0.717) is 6.42 Å². The second-order valence-electron chi connectivity index (χ2n) is 4.29. The van der Waals surface area contributed by atoms with E-state index in [2.05, 4.69) is 5.32 Å². The Hall–Kier alpha value is -2.64. The van der Waals surface area contributed by atoms with E-state index in [0.717, 1.165) is 12.1 Å². The molecule has 0 unspecified atom stereocenters. The third kappa shape index (κ3) is 4.16. The van der Waals surface area contributed by atoms with Crippen LogP contribution in [0.2, 0.25) is 0 Å². The van der Waals surface area contributed by atoms with Gasteiger partial charge in [0.25, 0.3) is 11.6 Å². The molecule has 0 aliphatic rings. The molecule has 0 radical (unpaired) electrons. The number of carbonyl (C=O) groups excluding carboxylic acids is 1. The number of carboxylic acid groups (broad SMARTS) is 1. The predicted octanol–water partition coefficient (Wildman–Crippen LogP) is 1.59. The van der Waals surface area contributed by atoms with Gasteiger partial charge >= 0.3 is 5.97 Å². The van der Waals surface area contributed by atoms with Gasteiger partial charge in [0.1, 0.15) is 11.8 Å². The topological polar surface area (TPSA) is 119 Å². The molecule has 1 atom stereocenters. The molecule has 0 bridgehead atoms. The van der Waals surface area contributed by atoms with Crippen LogP contribution in [0.4, 0.5) is 5.69 Å². The molecular weight excluding hydrogens is 280 g/mol. The fraction of sp³-hybridized carbons (Fsp3) is 0.385. The fourth-order valence-electron chi connectivity index (χ4n) is 1.76. The van der Waals surface area contributed by atoms with Crippen molar-refractivity contribution in [3.63, 3.8) is 0 Å². The summed E-state index contributed by atoms with van der Waals surface area (Å²) in [6, 6.07) is 2.50. The lowest BCUT2D eigenvalue weighted by Crippen LogP contribution is -2.40. The standard InChI is InChI=1S/C13H16N2O6/c1-3-4-10(13(17)18)14-12(16)9-6-5-8(15(19)20)7-11(9)21-2/h5-7,10H,3-4H2,1-2H3,(H,14,16)(H,17,18)/t10-/m1/s1. The van der Waals surface area contributed by atoms with E-state index in [9.17, 15) is 19.7 Å². The first-order valence-electron chi connectivity index (χ1n) is 6.26. The molecule has 8 heteroatoms. The molecule has 1 rings (SSSR count). The van der Waals surface area contributed by atoms with Gasteiger partial charge in [-0.25, -0.2) is 4.79 Å². The maximum Gasteiger partial charge on any atom is 0.326 e. The van der Waals surface area contributed by atoms with Gasteiger partial charge < -0.3 is 15.2 Å². The van der Waals surface area contributed by atoms with Crippen molar-refractivity contribution in [2.75, 3.05) is 7.11 Å². The monoisotopic (exact) mass is 296 g/mol. The van der Waals surface area contributed by atoms with Crippen LogP contribution in [-0.4, -0.2) is 35.1 Å². The van der Waals surface area contributed by atoms with Crippen LogP contribution in [0.3, 0.4) is 0 Å². The van der Waals surface area contributed by atoms with Gasteiger partial charge in [-0.05, 0) is 12.5 Å². The minimum atomic E-state index is -1.13. The molecule has 0 aliphatic heterocycles. The Morgan fingerprint density at radius 2 is 2.14 bits per heavy atom. The number of amides is 1. The average Bonchev–Trinajstić information content (AvgIpc) is 2.45. The van der Waals surface area contributed by atoms with Crippen molar-refractivity contribution in [3.05, 3.63) is 33.9 Å². The number of hydrogen-bond acceptors (Lipinski definition) is 5. The number of aliphatic carboxylic acids is 1. The van der Waals surface area contributed by atoms with Gasteiger partial charge in [0.2, 0.25) is 0 Å². The normalized spacial score (nSPS) is 11.5. The van der Waals surface area contributed by atoms with Crippen LogP contribution < -0.4 is 10.1 Å².